The Kier molecular flexibility index (Phi) is 7.03. The predicted molar refractivity (Wildman–Crippen MR) is 108 cm³/mol. The molecule has 2 aliphatic heterocycles. The topological polar surface area (TPSA) is 132 Å². The minimum absolute atomic E-state index is 0.0952. The van der Waals surface area contributed by atoms with Crippen molar-refractivity contribution in [3.05, 3.63) is 29.3 Å². The molecule has 1 fully saturated rings. The lowest BCUT2D eigenvalue weighted by molar-refractivity contribution is -0.138. The van der Waals surface area contributed by atoms with E-state index in [-0.39, 0.29) is 11.7 Å². The van der Waals surface area contributed by atoms with Crippen LogP contribution in [0.4, 0.5) is 14.5 Å². The van der Waals surface area contributed by atoms with Crippen molar-refractivity contribution in [1.82, 2.24) is 16.0 Å². The maximum atomic E-state index is 14.6. The van der Waals surface area contributed by atoms with Crippen LogP contribution in [0.15, 0.2) is 17.1 Å². The third-order valence-electron chi connectivity index (χ3n) is 5.18. The molecule has 164 valence electrons. The lowest BCUT2D eigenvalue weighted by Crippen LogP contribution is -2.50. The average molecular weight is 424 g/mol. The smallest absolute Gasteiger partial charge is 0.322 e. The van der Waals surface area contributed by atoms with Gasteiger partial charge in [-0.05, 0) is 31.4 Å². The van der Waals surface area contributed by atoms with Crippen LogP contribution in [-0.2, 0) is 4.79 Å². The number of nitrogens with one attached hydrogen (secondary N) is 3. The monoisotopic (exact) mass is 424 g/mol. The number of piperidine rings is 1. The first-order valence-electron chi connectivity index (χ1n) is 9.91. The van der Waals surface area contributed by atoms with E-state index in [0.29, 0.717) is 13.1 Å². The summed E-state index contributed by atoms with van der Waals surface area (Å²) in [5.74, 6) is -3.81. The molecule has 11 heteroatoms. The maximum absolute atomic E-state index is 14.6. The molecule has 6 N–H and O–H groups in total. The molecule has 30 heavy (non-hydrogen) atoms. The summed E-state index contributed by atoms with van der Waals surface area (Å²) >= 11 is 0. The second-order valence-corrected chi connectivity index (χ2v) is 7.33. The van der Waals surface area contributed by atoms with Crippen LogP contribution < -0.4 is 26.6 Å². The molecule has 0 aromatic heterocycles. The Morgan fingerprint density at radius 1 is 1.30 bits per heavy atom. The Morgan fingerprint density at radius 3 is 2.67 bits per heavy atom. The first kappa shape index (κ1) is 21.8. The number of rotatable bonds is 6. The molecule has 0 radical (unpaired) electrons. The SMILES string of the molecule is NC(CNC(=O)c1ccc(N2CCC(NC3=NCCCN3)CC2)c(F)c1F)C(=O)O. The first-order valence-corrected chi connectivity index (χ1v) is 9.91. The molecule has 0 bridgehead atoms. The van der Waals surface area contributed by atoms with Crippen molar-refractivity contribution in [1.29, 1.82) is 0 Å². The molecule has 3 rings (SSSR count). The molecule has 1 aromatic rings. The Labute approximate surface area is 172 Å². The van der Waals surface area contributed by atoms with Crippen molar-refractivity contribution >= 4 is 23.5 Å². The quantitative estimate of drug-likeness (QED) is 0.435. The third-order valence-corrected chi connectivity index (χ3v) is 5.18. The van der Waals surface area contributed by atoms with Crippen LogP contribution in [-0.4, -0.2) is 67.8 Å². The second kappa shape index (κ2) is 9.70. The first-order chi connectivity index (χ1) is 14.4. The van der Waals surface area contributed by atoms with Gasteiger partial charge >= 0.3 is 5.97 Å². The number of aliphatic carboxylic acids is 1. The van der Waals surface area contributed by atoms with Crippen LogP contribution >= 0.6 is 0 Å². The largest absolute Gasteiger partial charge is 0.480 e. The van der Waals surface area contributed by atoms with Crippen LogP contribution in [0.25, 0.3) is 0 Å². The highest BCUT2D eigenvalue weighted by Gasteiger charge is 2.26. The van der Waals surface area contributed by atoms with E-state index in [1.165, 1.54) is 12.1 Å². The molecule has 1 aromatic carbocycles. The van der Waals surface area contributed by atoms with Crippen molar-refractivity contribution in [2.24, 2.45) is 10.7 Å². The highest BCUT2D eigenvalue weighted by molar-refractivity contribution is 5.95. The average Bonchev–Trinajstić information content (AvgIpc) is 2.75. The molecule has 1 amide bonds. The van der Waals surface area contributed by atoms with Gasteiger partial charge in [-0.2, -0.15) is 0 Å². The van der Waals surface area contributed by atoms with E-state index in [9.17, 15) is 18.4 Å². The van der Waals surface area contributed by atoms with Crippen LogP contribution in [0.3, 0.4) is 0 Å². The van der Waals surface area contributed by atoms with Crippen molar-refractivity contribution < 1.29 is 23.5 Å². The Balaban J connectivity index is 1.59. The van der Waals surface area contributed by atoms with E-state index in [0.717, 1.165) is 38.3 Å². The van der Waals surface area contributed by atoms with Gasteiger partial charge in [0.05, 0.1) is 11.3 Å². The fraction of sp³-hybridized carbons (Fsp3) is 0.526. The minimum Gasteiger partial charge on any atom is -0.480 e. The molecular weight excluding hydrogens is 398 g/mol. The number of halogens is 2. The number of amides is 1. The molecule has 2 heterocycles. The fourth-order valence-corrected chi connectivity index (χ4v) is 3.43. The lowest BCUT2D eigenvalue weighted by atomic mass is 10.0. The molecular formula is C19H26F2N6O3. The number of carboxylic acid groups (broad SMARTS) is 1. The third kappa shape index (κ3) is 5.15. The molecule has 0 aliphatic carbocycles. The number of carbonyl (C=O) groups excluding carboxylic acids is 1. The van der Waals surface area contributed by atoms with E-state index in [1.807, 2.05) is 0 Å². The zero-order chi connectivity index (χ0) is 21.7. The summed E-state index contributed by atoms with van der Waals surface area (Å²) in [5, 5.41) is 17.5. The number of aliphatic imine (C=N–C) groups is 1. The van der Waals surface area contributed by atoms with Crippen molar-refractivity contribution in [2.75, 3.05) is 37.6 Å². The number of carbonyl (C=O) groups is 2. The normalized spacial score (nSPS) is 18.2. The van der Waals surface area contributed by atoms with Gasteiger partial charge in [0.15, 0.2) is 17.6 Å². The van der Waals surface area contributed by atoms with Crippen molar-refractivity contribution in [3.63, 3.8) is 0 Å². The fourth-order valence-electron chi connectivity index (χ4n) is 3.43. The zero-order valence-corrected chi connectivity index (χ0v) is 16.5. The summed E-state index contributed by atoms with van der Waals surface area (Å²) in [7, 11) is 0. The van der Waals surface area contributed by atoms with Crippen molar-refractivity contribution in [2.45, 2.75) is 31.3 Å². The standard InChI is InChI=1S/C19H26F2N6O3/c20-15-12(17(28)25-10-13(22)18(29)30)2-3-14(16(15)21)27-8-4-11(5-9-27)26-19-23-6-1-7-24-19/h2-3,11,13H,1,4-10,22H2,(H,25,28)(H,29,30)(H2,23,24,26). The number of nitrogens with two attached hydrogens (primary N) is 1. The Morgan fingerprint density at radius 2 is 2.03 bits per heavy atom. The molecule has 1 saturated heterocycles. The summed E-state index contributed by atoms with van der Waals surface area (Å²) in [5.41, 5.74) is 4.90. The molecule has 2 aliphatic rings. The van der Waals surface area contributed by atoms with Gasteiger partial charge in [-0.15, -0.1) is 0 Å². The van der Waals surface area contributed by atoms with Gasteiger partial charge in [0.1, 0.15) is 6.04 Å². The lowest BCUT2D eigenvalue weighted by Gasteiger charge is -2.35. The number of hydrogen-bond acceptors (Lipinski definition) is 7. The van der Waals surface area contributed by atoms with Gasteiger partial charge in [-0.25, -0.2) is 8.78 Å². The minimum atomic E-state index is -1.33. The van der Waals surface area contributed by atoms with E-state index in [2.05, 4.69) is 20.9 Å². The van der Waals surface area contributed by atoms with Gasteiger partial charge < -0.3 is 31.7 Å². The van der Waals surface area contributed by atoms with E-state index in [1.54, 1.807) is 4.90 Å². The van der Waals surface area contributed by atoms with Crippen LogP contribution in [0.5, 0.6) is 0 Å². The number of benzene rings is 1. The highest BCUT2D eigenvalue weighted by Crippen LogP contribution is 2.27. The molecule has 1 unspecified atom stereocenters. The number of anilines is 1. The van der Waals surface area contributed by atoms with E-state index >= 15 is 0 Å². The number of guanidine groups is 1. The van der Waals surface area contributed by atoms with Gasteiger partial charge in [-0.3, -0.25) is 14.6 Å². The second-order valence-electron chi connectivity index (χ2n) is 7.33. The number of nitrogens with zero attached hydrogens (tertiary/aromatic N) is 2. The number of carboxylic acids is 1. The summed E-state index contributed by atoms with van der Waals surface area (Å²) in [6, 6.07) is 1.43. The molecule has 0 spiro atoms. The van der Waals surface area contributed by atoms with E-state index < -0.39 is 41.7 Å². The number of hydrogen-bond donors (Lipinski definition) is 5. The summed E-state index contributed by atoms with van der Waals surface area (Å²) in [6.07, 6.45) is 2.48. The van der Waals surface area contributed by atoms with E-state index in [4.69, 9.17) is 10.8 Å². The van der Waals surface area contributed by atoms with Gasteiger partial charge in [0.25, 0.3) is 5.91 Å². The van der Waals surface area contributed by atoms with Crippen LogP contribution in [0.1, 0.15) is 29.6 Å². The molecule has 0 saturated carbocycles. The summed E-state index contributed by atoms with van der Waals surface area (Å²) < 4.78 is 29.1. The molecule has 1 atom stereocenters. The Bertz CT molecular complexity index is 827. The van der Waals surface area contributed by atoms with Gasteiger partial charge in [0, 0.05) is 38.8 Å². The van der Waals surface area contributed by atoms with Crippen molar-refractivity contribution in [3.8, 4) is 0 Å². The predicted octanol–water partition coefficient (Wildman–Crippen LogP) is 0.0142. The highest BCUT2D eigenvalue weighted by atomic mass is 19.2. The summed E-state index contributed by atoms with van der Waals surface area (Å²) in [6.45, 7) is 2.34. The Hall–Kier alpha value is -2.95. The van der Waals surface area contributed by atoms with Crippen LogP contribution in [0, 0.1) is 11.6 Å². The van der Waals surface area contributed by atoms with Gasteiger partial charge in [-0.1, -0.05) is 0 Å². The van der Waals surface area contributed by atoms with Crippen LogP contribution in [0.2, 0.25) is 0 Å². The molecule has 9 nitrogen and oxygen atoms in total. The maximum Gasteiger partial charge on any atom is 0.322 e. The zero-order valence-electron chi connectivity index (χ0n) is 16.5. The van der Waals surface area contributed by atoms with Gasteiger partial charge in [0.2, 0.25) is 0 Å². The summed E-state index contributed by atoms with van der Waals surface area (Å²) in [4.78, 5) is 28.9.